The van der Waals surface area contributed by atoms with Gasteiger partial charge in [-0.1, -0.05) is 24.3 Å². The van der Waals surface area contributed by atoms with E-state index in [1.165, 1.54) is 0 Å². The highest BCUT2D eigenvalue weighted by atomic mass is 16.2. The van der Waals surface area contributed by atoms with Gasteiger partial charge in [0.1, 0.15) is 5.41 Å². The van der Waals surface area contributed by atoms with Crippen molar-refractivity contribution in [2.24, 2.45) is 5.92 Å². The molecule has 2 atom stereocenters. The van der Waals surface area contributed by atoms with E-state index >= 15 is 0 Å². The summed E-state index contributed by atoms with van der Waals surface area (Å²) in [4.78, 5) is 32.2. The number of carbonyl (C=O) groups is 2. The molecule has 5 nitrogen and oxygen atoms in total. The fourth-order valence-electron chi connectivity index (χ4n) is 4.49. The number of para-hydroxylation sites is 1. The second kappa shape index (κ2) is 5.15. The molecule has 3 aliphatic rings. The molecule has 3 heterocycles. The first-order chi connectivity index (χ1) is 12.2. The highest BCUT2D eigenvalue weighted by Gasteiger charge is 2.60. The van der Waals surface area contributed by atoms with Crippen LogP contribution in [0.15, 0.2) is 48.8 Å². The van der Waals surface area contributed by atoms with Gasteiger partial charge >= 0.3 is 0 Å². The summed E-state index contributed by atoms with van der Waals surface area (Å²) < 4.78 is 0. The van der Waals surface area contributed by atoms with Crippen molar-refractivity contribution in [2.75, 3.05) is 11.9 Å². The predicted molar refractivity (Wildman–Crippen MR) is 92.8 cm³/mol. The lowest BCUT2D eigenvalue weighted by Crippen LogP contribution is -2.43. The molecular weight excluding hydrogens is 314 g/mol. The normalized spacial score (nSPS) is 27.4. The Morgan fingerprint density at radius 2 is 2.04 bits per heavy atom. The Labute approximate surface area is 146 Å². The van der Waals surface area contributed by atoms with Crippen LogP contribution in [-0.2, 0) is 15.0 Å². The number of fused-ring (bicyclic) bond motifs is 2. The van der Waals surface area contributed by atoms with Gasteiger partial charge in [0, 0.05) is 30.5 Å². The Morgan fingerprint density at radius 3 is 2.80 bits per heavy atom. The molecule has 1 aliphatic carbocycles. The number of nitrogens with one attached hydrogen (secondary N) is 1. The molecule has 5 heteroatoms. The van der Waals surface area contributed by atoms with Crippen LogP contribution in [0.3, 0.4) is 0 Å². The number of carbonyl (C=O) groups excluding carboxylic acids is 2. The Morgan fingerprint density at radius 1 is 1.20 bits per heavy atom. The van der Waals surface area contributed by atoms with E-state index in [1.54, 1.807) is 12.4 Å². The summed E-state index contributed by atoms with van der Waals surface area (Å²) in [5.41, 5.74) is 2.08. The van der Waals surface area contributed by atoms with Gasteiger partial charge in [0.15, 0.2) is 0 Å². The van der Waals surface area contributed by atoms with Crippen molar-refractivity contribution in [2.45, 2.75) is 30.7 Å². The average molecular weight is 333 g/mol. The van der Waals surface area contributed by atoms with Gasteiger partial charge < -0.3 is 10.2 Å². The van der Waals surface area contributed by atoms with E-state index in [9.17, 15) is 9.59 Å². The lowest BCUT2D eigenvalue weighted by atomic mass is 9.73. The molecule has 1 saturated heterocycles. The monoisotopic (exact) mass is 333 g/mol. The van der Waals surface area contributed by atoms with Crippen LogP contribution in [0.1, 0.15) is 36.4 Å². The molecule has 1 aromatic carbocycles. The standard InChI is InChI=1S/C20H19N3O2/c24-18(13-7-8-13)23-11-9-20(17(23)14-4-3-10-21-12-14)15-5-1-2-6-16(15)22-19(20)25/h1-6,10,12-13,17H,7-9,11H2,(H,22,25). The van der Waals surface area contributed by atoms with E-state index < -0.39 is 5.41 Å². The number of nitrogens with zero attached hydrogens (tertiary/aromatic N) is 2. The zero-order valence-corrected chi connectivity index (χ0v) is 13.8. The number of rotatable bonds is 2. The molecule has 1 N–H and O–H groups in total. The lowest BCUT2D eigenvalue weighted by Gasteiger charge is -2.34. The van der Waals surface area contributed by atoms with E-state index in [-0.39, 0.29) is 23.8 Å². The summed E-state index contributed by atoms with van der Waals surface area (Å²) in [6, 6.07) is 11.4. The van der Waals surface area contributed by atoms with Gasteiger partial charge in [-0.15, -0.1) is 0 Å². The second-order valence-electron chi connectivity index (χ2n) is 7.22. The third-order valence-corrected chi connectivity index (χ3v) is 5.80. The summed E-state index contributed by atoms with van der Waals surface area (Å²) in [6.07, 6.45) is 6.09. The van der Waals surface area contributed by atoms with Gasteiger partial charge in [0.25, 0.3) is 0 Å². The maximum atomic E-state index is 13.1. The summed E-state index contributed by atoms with van der Waals surface area (Å²) in [6.45, 7) is 0.608. The summed E-state index contributed by atoms with van der Waals surface area (Å²) in [5.74, 6) is 0.311. The van der Waals surface area contributed by atoms with E-state index in [0.717, 1.165) is 29.7 Å². The van der Waals surface area contributed by atoms with Crippen LogP contribution in [0.2, 0.25) is 0 Å². The maximum absolute atomic E-state index is 13.1. The van der Waals surface area contributed by atoms with Crippen molar-refractivity contribution < 1.29 is 9.59 Å². The number of likely N-dealkylation sites (tertiary alicyclic amines) is 1. The Balaban J connectivity index is 1.68. The van der Waals surface area contributed by atoms with Crippen molar-refractivity contribution in [1.29, 1.82) is 0 Å². The highest BCUT2D eigenvalue weighted by molar-refractivity contribution is 6.07. The molecular formula is C20H19N3O2. The molecule has 2 unspecified atom stereocenters. The van der Waals surface area contributed by atoms with Gasteiger partial charge in [-0.3, -0.25) is 14.6 Å². The number of amides is 2. The second-order valence-corrected chi connectivity index (χ2v) is 7.22. The largest absolute Gasteiger partial charge is 0.334 e. The third kappa shape index (κ3) is 1.98. The van der Waals surface area contributed by atoms with Crippen LogP contribution in [0.4, 0.5) is 5.69 Å². The van der Waals surface area contributed by atoms with E-state index in [1.807, 2.05) is 41.3 Å². The fourth-order valence-corrected chi connectivity index (χ4v) is 4.49. The van der Waals surface area contributed by atoms with Gasteiger partial charge in [-0.2, -0.15) is 0 Å². The Kier molecular flexibility index (Phi) is 3.02. The minimum Gasteiger partial charge on any atom is -0.334 e. The first kappa shape index (κ1) is 14.6. The van der Waals surface area contributed by atoms with Gasteiger partial charge in [0.2, 0.25) is 11.8 Å². The lowest BCUT2D eigenvalue weighted by molar-refractivity contribution is -0.134. The minimum atomic E-state index is -0.718. The van der Waals surface area contributed by atoms with Crippen molar-refractivity contribution in [3.63, 3.8) is 0 Å². The van der Waals surface area contributed by atoms with E-state index in [0.29, 0.717) is 13.0 Å². The summed E-state index contributed by atoms with van der Waals surface area (Å²) in [7, 11) is 0. The molecule has 2 fully saturated rings. The Bertz CT molecular complexity index is 862. The number of pyridine rings is 1. The van der Waals surface area contributed by atoms with Crippen molar-refractivity contribution in [3.8, 4) is 0 Å². The van der Waals surface area contributed by atoms with Crippen LogP contribution in [0.5, 0.6) is 0 Å². The van der Waals surface area contributed by atoms with Crippen LogP contribution < -0.4 is 5.32 Å². The maximum Gasteiger partial charge on any atom is 0.237 e. The highest BCUT2D eigenvalue weighted by Crippen LogP contribution is 2.55. The van der Waals surface area contributed by atoms with Crippen LogP contribution >= 0.6 is 0 Å². The molecule has 2 aliphatic heterocycles. The Hall–Kier alpha value is -2.69. The summed E-state index contributed by atoms with van der Waals surface area (Å²) >= 11 is 0. The first-order valence-corrected chi connectivity index (χ1v) is 8.83. The number of aromatic nitrogens is 1. The average Bonchev–Trinajstić information content (AvgIpc) is 3.36. The number of benzene rings is 1. The molecule has 0 radical (unpaired) electrons. The molecule has 1 spiro atoms. The zero-order chi connectivity index (χ0) is 17.0. The molecule has 126 valence electrons. The fraction of sp³-hybridized carbons (Fsp3) is 0.350. The molecule has 5 rings (SSSR count). The number of hydrogen-bond acceptors (Lipinski definition) is 3. The number of hydrogen-bond donors (Lipinski definition) is 1. The molecule has 0 bridgehead atoms. The molecule has 1 aromatic heterocycles. The van der Waals surface area contributed by atoms with Crippen molar-refractivity contribution in [3.05, 3.63) is 59.9 Å². The van der Waals surface area contributed by atoms with Crippen molar-refractivity contribution in [1.82, 2.24) is 9.88 Å². The van der Waals surface area contributed by atoms with E-state index in [2.05, 4.69) is 10.3 Å². The molecule has 1 saturated carbocycles. The quantitative estimate of drug-likeness (QED) is 0.919. The van der Waals surface area contributed by atoms with Crippen molar-refractivity contribution >= 4 is 17.5 Å². The first-order valence-electron chi connectivity index (χ1n) is 8.83. The molecule has 2 amide bonds. The van der Waals surface area contributed by atoms with E-state index in [4.69, 9.17) is 0 Å². The third-order valence-electron chi connectivity index (χ3n) is 5.80. The van der Waals surface area contributed by atoms with Gasteiger partial charge in [-0.25, -0.2) is 0 Å². The van der Waals surface area contributed by atoms with Gasteiger partial charge in [-0.05, 0) is 42.5 Å². The van der Waals surface area contributed by atoms with Crippen LogP contribution in [0, 0.1) is 5.92 Å². The molecule has 2 aromatic rings. The smallest absolute Gasteiger partial charge is 0.237 e. The van der Waals surface area contributed by atoms with Crippen LogP contribution in [-0.4, -0.2) is 28.2 Å². The number of anilines is 1. The summed E-state index contributed by atoms with van der Waals surface area (Å²) in [5, 5.41) is 3.04. The SMILES string of the molecule is O=C(C1CC1)N1CCC2(C(=O)Nc3ccccc32)C1c1cccnc1. The topological polar surface area (TPSA) is 62.3 Å². The van der Waals surface area contributed by atoms with Gasteiger partial charge in [0.05, 0.1) is 6.04 Å². The van der Waals surface area contributed by atoms with Crippen LogP contribution in [0.25, 0.3) is 0 Å². The minimum absolute atomic E-state index is 0.00588. The zero-order valence-electron chi connectivity index (χ0n) is 13.8. The molecule has 25 heavy (non-hydrogen) atoms. The predicted octanol–water partition coefficient (Wildman–Crippen LogP) is 2.66.